The lowest BCUT2D eigenvalue weighted by atomic mass is 9.95. The van der Waals surface area contributed by atoms with Crippen LogP contribution in [0.15, 0.2) is 0 Å². The van der Waals surface area contributed by atoms with Crippen molar-refractivity contribution in [2.24, 2.45) is 0 Å². The van der Waals surface area contributed by atoms with Gasteiger partial charge in [-0.2, -0.15) is 35.1 Å². The Bertz CT molecular complexity index is 589. The smallest absolute Gasteiger partial charge is 0.203 e. The van der Waals surface area contributed by atoms with E-state index < -0.39 is 58.8 Å². The Labute approximate surface area is 117 Å². The van der Waals surface area contributed by atoms with E-state index in [4.69, 9.17) is 0 Å². The molecular formula is C10F13. The van der Waals surface area contributed by atoms with Crippen LogP contribution in [0.4, 0.5) is 57.1 Å². The third-order valence-electron chi connectivity index (χ3n) is 2.55. The molecule has 1 radical (unpaired) electrons. The minimum Gasteiger partial charge on any atom is -0.203 e. The molecule has 0 spiro atoms. The summed E-state index contributed by atoms with van der Waals surface area (Å²) in [6, 6.07) is 0. The van der Waals surface area contributed by atoms with Gasteiger partial charge in [0.15, 0.2) is 23.3 Å². The van der Waals surface area contributed by atoms with Crippen molar-refractivity contribution in [2.75, 3.05) is 0 Å². The summed E-state index contributed by atoms with van der Waals surface area (Å²) in [6.07, 6.45) is -4.56. The van der Waals surface area contributed by atoms with Crippen molar-refractivity contribution in [1.82, 2.24) is 0 Å². The van der Waals surface area contributed by atoms with Crippen LogP contribution in [0.1, 0.15) is 5.56 Å². The molecule has 0 nitrogen and oxygen atoms in total. The average Bonchev–Trinajstić information content (AvgIpc) is 2.42. The van der Waals surface area contributed by atoms with E-state index in [0.717, 1.165) is 0 Å². The Balaban J connectivity index is 3.76. The van der Waals surface area contributed by atoms with E-state index in [9.17, 15) is 57.1 Å². The average molecular weight is 367 g/mol. The molecule has 0 atom stereocenters. The van der Waals surface area contributed by atoms with Crippen molar-refractivity contribution in [3.63, 3.8) is 0 Å². The van der Waals surface area contributed by atoms with Crippen LogP contribution in [0.25, 0.3) is 0 Å². The first-order valence-corrected chi connectivity index (χ1v) is 4.96. The summed E-state index contributed by atoms with van der Waals surface area (Å²) < 4.78 is 165. The largest absolute Gasteiger partial charge is 0.385 e. The highest BCUT2D eigenvalue weighted by molar-refractivity contribution is 5.31. The first-order valence-electron chi connectivity index (χ1n) is 4.96. The maximum Gasteiger partial charge on any atom is 0.385 e. The molecule has 1 rings (SSSR count). The zero-order valence-electron chi connectivity index (χ0n) is 9.91. The molecule has 0 aliphatic rings. The normalized spacial score (nSPS) is 13.8. The van der Waals surface area contributed by atoms with Crippen LogP contribution in [-0.2, 0) is 5.92 Å². The zero-order valence-corrected chi connectivity index (χ0v) is 9.91. The molecule has 0 aromatic heterocycles. The van der Waals surface area contributed by atoms with E-state index in [1.807, 2.05) is 0 Å². The molecule has 0 aliphatic carbocycles. The Morgan fingerprint density at radius 3 is 1.17 bits per heavy atom. The van der Waals surface area contributed by atoms with Crippen LogP contribution in [-0.4, -0.2) is 11.8 Å². The van der Waals surface area contributed by atoms with Gasteiger partial charge in [0.25, 0.3) is 0 Å². The topological polar surface area (TPSA) is 0 Å². The molecule has 0 fully saturated rings. The van der Waals surface area contributed by atoms with E-state index in [1.165, 1.54) is 0 Å². The van der Waals surface area contributed by atoms with Gasteiger partial charge in [0.1, 0.15) is 5.56 Å². The number of alkyl halides is 6. The fraction of sp³-hybridized carbons (Fsp3) is 0.300. The fourth-order valence-corrected chi connectivity index (χ4v) is 1.35. The lowest BCUT2D eigenvalue weighted by Crippen LogP contribution is -2.54. The van der Waals surface area contributed by atoms with Gasteiger partial charge in [-0.25, -0.2) is 22.0 Å². The summed E-state index contributed by atoms with van der Waals surface area (Å²) in [5.41, 5.74) is -3.67. The summed E-state index contributed by atoms with van der Waals surface area (Å²) in [4.78, 5) is 0. The third kappa shape index (κ3) is 2.49. The van der Waals surface area contributed by atoms with Crippen LogP contribution in [0.2, 0.25) is 0 Å². The van der Waals surface area contributed by atoms with Crippen LogP contribution in [0.5, 0.6) is 0 Å². The van der Waals surface area contributed by atoms with Crippen LogP contribution in [0, 0.1) is 35.5 Å². The third-order valence-corrected chi connectivity index (χ3v) is 2.55. The number of rotatable bonds is 4. The first-order chi connectivity index (χ1) is 10.1. The summed E-state index contributed by atoms with van der Waals surface area (Å²) in [6.45, 7) is 0. The monoisotopic (exact) mass is 367 g/mol. The molecule has 0 N–H and O–H groups in total. The van der Waals surface area contributed by atoms with E-state index >= 15 is 0 Å². The molecule has 13 heteroatoms. The highest BCUT2D eigenvalue weighted by Gasteiger charge is 2.78. The molecule has 23 heavy (non-hydrogen) atoms. The highest BCUT2D eigenvalue weighted by Crippen LogP contribution is 2.56. The summed E-state index contributed by atoms with van der Waals surface area (Å²) in [5, 5.41) is 0. The Morgan fingerprint density at radius 1 is 0.565 bits per heavy atom. The molecule has 0 saturated carbocycles. The molecular weight excluding hydrogens is 367 g/mol. The van der Waals surface area contributed by atoms with Gasteiger partial charge in [-0.15, -0.1) is 0 Å². The van der Waals surface area contributed by atoms with E-state index in [-0.39, 0.29) is 0 Å². The van der Waals surface area contributed by atoms with Gasteiger partial charge < -0.3 is 0 Å². The molecule has 0 heterocycles. The van der Waals surface area contributed by atoms with E-state index in [1.54, 1.807) is 0 Å². The molecule has 131 valence electrons. The Morgan fingerprint density at radius 2 is 0.870 bits per heavy atom. The van der Waals surface area contributed by atoms with Crippen LogP contribution < -0.4 is 0 Å². The van der Waals surface area contributed by atoms with Crippen molar-refractivity contribution in [1.29, 1.82) is 0 Å². The maximum atomic E-state index is 13.3. The summed E-state index contributed by atoms with van der Waals surface area (Å²) in [7, 11) is 0. The maximum absolute atomic E-state index is 13.3. The number of benzene rings is 1. The molecule has 0 bridgehead atoms. The molecule has 1 aromatic rings. The van der Waals surface area contributed by atoms with Crippen molar-refractivity contribution in [3.05, 3.63) is 41.1 Å². The SMILES string of the molecule is F[C](F)C(F)(F)C(F)(F)C(F)(F)c1c(F)c(F)c(F)c(F)c1F. The molecule has 0 amide bonds. The lowest BCUT2D eigenvalue weighted by molar-refractivity contribution is -0.324. The van der Waals surface area contributed by atoms with Crippen molar-refractivity contribution >= 4 is 0 Å². The van der Waals surface area contributed by atoms with Crippen molar-refractivity contribution in [3.8, 4) is 0 Å². The second-order valence-corrected chi connectivity index (χ2v) is 3.93. The van der Waals surface area contributed by atoms with Gasteiger partial charge in [0.2, 0.25) is 5.82 Å². The number of halogens is 13. The second-order valence-electron chi connectivity index (χ2n) is 3.93. The molecule has 1 aromatic carbocycles. The van der Waals surface area contributed by atoms with Crippen LogP contribution in [0.3, 0.4) is 0 Å². The first kappa shape index (κ1) is 19.4. The van der Waals surface area contributed by atoms with Crippen LogP contribution >= 0.6 is 0 Å². The van der Waals surface area contributed by atoms with Gasteiger partial charge >= 0.3 is 24.2 Å². The standard InChI is InChI=1S/C10F13/c11-2-1(3(12)5(14)6(15)4(2)13)8(18,19)10(22,23)9(20,21)7(16)17. The zero-order chi connectivity index (χ0) is 18.5. The molecule has 0 aliphatic heterocycles. The Kier molecular flexibility index (Phi) is 4.58. The van der Waals surface area contributed by atoms with Crippen molar-refractivity contribution in [2.45, 2.75) is 17.8 Å². The van der Waals surface area contributed by atoms with Gasteiger partial charge in [-0.3, -0.25) is 0 Å². The van der Waals surface area contributed by atoms with E-state index in [2.05, 4.69) is 0 Å². The quantitative estimate of drug-likeness (QED) is 0.391. The summed E-state index contributed by atoms with van der Waals surface area (Å²) in [5.74, 6) is -37.5. The number of hydrogen-bond donors (Lipinski definition) is 0. The van der Waals surface area contributed by atoms with Gasteiger partial charge in [-0.1, -0.05) is 0 Å². The van der Waals surface area contributed by atoms with Gasteiger partial charge in [-0.05, 0) is 0 Å². The minimum absolute atomic E-state index is 3.04. The second kappa shape index (κ2) is 5.44. The van der Waals surface area contributed by atoms with Crippen molar-refractivity contribution < 1.29 is 57.1 Å². The van der Waals surface area contributed by atoms with E-state index in [0.29, 0.717) is 0 Å². The fourth-order valence-electron chi connectivity index (χ4n) is 1.35. The molecule has 0 saturated heterocycles. The highest BCUT2D eigenvalue weighted by atomic mass is 19.4. The predicted octanol–water partition coefficient (Wildman–Crippen LogP) is 5.17. The minimum atomic E-state index is -7.21. The lowest BCUT2D eigenvalue weighted by Gasteiger charge is -2.32. The summed E-state index contributed by atoms with van der Waals surface area (Å²) >= 11 is 0. The predicted molar refractivity (Wildman–Crippen MR) is 45.5 cm³/mol. The Hall–Kier alpha value is -1.69. The number of hydrogen-bond acceptors (Lipinski definition) is 0. The van der Waals surface area contributed by atoms with Gasteiger partial charge in [0, 0.05) is 0 Å². The van der Waals surface area contributed by atoms with Gasteiger partial charge in [0.05, 0.1) is 0 Å². The molecule has 0 unspecified atom stereocenters.